The van der Waals surface area contributed by atoms with Gasteiger partial charge in [0.25, 0.3) is 0 Å². The highest BCUT2D eigenvalue weighted by molar-refractivity contribution is 5.90. The zero-order valence-corrected chi connectivity index (χ0v) is 12.2. The minimum Gasteiger partial charge on any atom is -0.480 e. The Balaban J connectivity index is 1.79. The lowest BCUT2D eigenvalue weighted by atomic mass is 9.98. The Labute approximate surface area is 126 Å². The molecule has 1 N–H and O–H groups in total. The van der Waals surface area contributed by atoms with Crippen molar-refractivity contribution in [1.82, 2.24) is 4.90 Å². The molecular weight excluding hydrogens is 292 g/mol. The molecule has 1 saturated carbocycles. The zero-order valence-electron chi connectivity index (χ0n) is 12.2. The number of aliphatic carboxylic acids is 1. The highest BCUT2D eigenvalue weighted by atomic mass is 19.2. The number of carboxylic acids is 1. The van der Waals surface area contributed by atoms with E-state index in [-0.39, 0.29) is 17.4 Å². The molecule has 0 bridgehead atoms. The first kappa shape index (κ1) is 14.9. The highest BCUT2D eigenvalue weighted by Gasteiger charge is 2.53. The average molecular weight is 309 g/mol. The summed E-state index contributed by atoms with van der Waals surface area (Å²) >= 11 is 0. The van der Waals surface area contributed by atoms with E-state index < -0.39 is 29.1 Å². The third kappa shape index (κ3) is 2.17. The van der Waals surface area contributed by atoms with Crippen LogP contribution in [0.5, 0.6) is 0 Å². The van der Waals surface area contributed by atoms with Gasteiger partial charge in [0.15, 0.2) is 11.6 Å². The molecule has 3 rings (SSSR count). The number of likely N-dealkylation sites (tertiary alicyclic amines) is 1. The molecule has 0 radical (unpaired) electrons. The summed E-state index contributed by atoms with van der Waals surface area (Å²) in [6.45, 7) is 1.94. The van der Waals surface area contributed by atoms with Gasteiger partial charge in [0.2, 0.25) is 5.91 Å². The largest absolute Gasteiger partial charge is 0.480 e. The molecule has 118 valence electrons. The minimum atomic E-state index is -1.19. The normalized spacial score (nSPS) is 30.4. The number of hydrogen-bond acceptors (Lipinski definition) is 2. The third-order valence-electron chi connectivity index (χ3n) is 4.86. The van der Waals surface area contributed by atoms with Gasteiger partial charge < -0.3 is 10.0 Å². The molecular formula is C16H17F2NO3. The smallest absolute Gasteiger partial charge is 0.329 e. The first-order valence-electron chi connectivity index (χ1n) is 7.35. The van der Waals surface area contributed by atoms with Gasteiger partial charge in [0.1, 0.15) is 5.54 Å². The van der Waals surface area contributed by atoms with Gasteiger partial charge in [-0.25, -0.2) is 13.6 Å². The van der Waals surface area contributed by atoms with Gasteiger partial charge in [-0.1, -0.05) is 12.1 Å². The number of amides is 1. The number of rotatable bonds is 3. The summed E-state index contributed by atoms with van der Waals surface area (Å²) in [5.74, 6) is -3.93. The topological polar surface area (TPSA) is 57.6 Å². The molecule has 2 fully saturated rings. The van der Waals surface area contributed by atoms with E-state index in [4.69, 9.17) is 0 Å². The Kier molecular flexibility index (Phi) is 3.42. The van der Waals surface area contributed by atoms with Gasteiger partial charge in [0.05, 0.1) is 0 Å². The second kappa shape index (κ2) is 5.04. The monoisotopic (exact) mass is 309 g/mol. The molecule has 3 unspecified atom stereocenters. The van der Waals surface area contributed by atoms with Gasteiger partial charge in [0, 0.05) is 12.5 Å². The summed E-state index contributed by atoms with van der Waals surface area (Å²) in [7, 11) is 0. The van der Waals surface area contributed by atoms with Crippen molar-refractivity contribution in [3.63, 3.8) is 0 Å². The van der Waals surface area contributed by atoms with Crippen molar-refractivity contribution in [3.05, 3.63) is 35.4 Å². The quantitative estimate of drug-likeness (QED) is 0.933. The van der Waals surface area contributed by atoms with E-state index in [1.807, 2.05) is 0 Å². The first-order chi connectivity index (χ1) is 10.4. The second-order valence-electron chi connectivity index (χ2n) is 6.26. The number of carbonyl (C=O) groups is 2. The summed E-state index contributed by atoms with van der Waals surface area (Å²) in [6.07, 6.45) is 1.49. The molecule has 1 aromatic carbocycles. The number of carbonyl (C=O) groups excluding carboxylic acids is 1. The molecule has 0 aromatic heterocycles. The molecule has 1 aliphatic heterocycles. The molecule has 1 heterocycles. The maximum atomic E-state index is 13.8. The Morgan fingerprint density at radius 2 is 2.09 bits per heavy atom. The molecule has 22 heavy (non-hydrogen) atoms. The van der Waals surface area contributed by atoms with Crippen molar-refractivity contribution in [2.45, 2.75) is 37.6 Å². The van der Waals surface area contributed by atoms with Crippen LogP contribution in [0.25, 0.3) is 0 Å². The van der Waals surface area contributed by atoms with Crippen molar-refractivity contribution in [1.29, 1.82) is 0 Å². The summed E-state index contributed by atoms with van der Waals surface area (Å²) in [6, 6.07) is 3.95. The number of benzene rings is 1. The van der Waals surface area contributed by atoms with Crippen molar-refractivity contribution >= 4 is 11.9 Å². The van der Waals surface area contributed by atoms with Crippen LogP contribution < -0.4 is 0 Å². The molecule has 0 spiro atoms. The van der Waals surface area contributed by atoms with Crippen molar-refractivity contribution in [3.8, 4) is 0 Å². The lowest BCUT2D eigenvalue weighted by molar-refractivity contribution is -0.155. The van der Waals surface area contributed by atoms with Crippen LogP contribution in [-0.2, 0) is 9.59 Å². The van der Waals surface area contributed by atoms with E-state index in [1.165, 1.54) is 17.0 Å². The second-order valence-corrected chi connectivity index (χ2v) is 6.26. The molecule has 6 heteroatoms. The standard InChI is InChI=1S/C16H17F2NO3/c1-16(15(21)22)6-3-7-19(16)14(20)11-8-10(11)9-4-2-5-12(17)13(9)18/h2,4-5,10-11H,3,6-8H2,1H3,(H,21,22). The average Bonchev–Trinajstić information content (AvgIpc) is 3.16. The fourth-order valence-electron chi connectivity index (χ4n) is 3.36. The van der Waals surface area contributed by atoms with Crippen molar-refractivity contribution in [2.24, 2.45) is 5.92 Å². The van der Waals surface area contributed by atoms with E-state index in [0.29, 0.717) is 25.8 Å². The maximum absolute atomic E-state index is 13.8. The highest BCUT2D eigenvalue weighted by Crippen LogP contribution is 2.50. The van der Waals surface area contributed by atoms with Gasteiger partial charge in [-0.15, -0.1) is 0 Å². The minimum absolute atomic E-state index is 0.203. The fraction of sp³-hybridized carbons (Fsp3) is 0.500. The van der Waals surface area contributed by atoms with E-state index in [9.17, 15) is 23.5 Å². The maximum Gasteiger partial charge on any atom is 0.329 e. The fourth-order valence-corrected chi connectivity index (χ4v) is 3.36. The lowest BCUT2D eigenvalue weighted by Crippen LogP contribution is -2.51. The van der Waals surface area contributed by atoms with E-state index >= 15 is 0 Å². The summed E-state index contributed by atoms with van der Waals surface area (Å²) in [5, 5.41) is 9.35. The summed E-state index contributed by atoms with van der Waals surface area (Å²) < 4.78 is 27.1. The van der Waals surface area contributed by atoms with E-state index in [2.05, 4.69) is 0 Å². The number of halogens is 2. The van der Waals surface area contributed by atoms with Crippen LogP contribution in [0.3, 0.4) is 0 Å². The predicted octanol–water partition coefficient (Wildman–Crippen LogP) is 2.53. The van der Waals surface area contributed by atoms with Crippen LogP contribution in [0.2, 0.25) is 0 Å². The number of carboxylic acid groups (broad SMARTS) is 1. The van der Waals surface area contributed by atoms with E-state index in [0.717, 1.165) is 6.07 Å². The number of hydrogen-bond donors (Lipinski definition) is 1. The lowest BCUT2D eigenvalue weighted by Gasteiger charge is -2.31. The molecule has 2 aliphatic rings. The third-order valence-corrected chi connectivity index (χ3v) is 4.86. The van der Waals surface area contributed by atoms with E-state index in [1.54, 1.807) is 6.92 Å². The molecule has 3 atom stereocenters. The van der Waals surface area contributed by atoms with Crippen LogP contribution in [0.4, 0.5) is 8.78 Å². The van der Waals surface area contributed by atoms with Crippen molar-refractivity contribution in [2.75, 3.05) is 6.54 Å². The summed E-state index contributed by atoms with van der Waals surface area (Å²) in [5.41, 5.74) is -0.986. The Morgan fingerprint density at radius 1 is 1.36 bits per heavy atom. The van der Waals surface area contributed by atoms with Gasteiger partial charge in [-0.3, -0.25) is 4.79 Å². The molecule has 1 amide bonds. The van der Waals surface area contributed by atoms with Crippen LogP contribution in [0, 0.1) is 17.6 Å². The predicted molar refractivity (Wildman–Crippen MR) is 74.2 cm³/mol. The summed E-state index contributed by atoms with van der Waals surface area (Å²) in [4.78, 5) is 25.4. The molecule has 1 saturated heterocycles. The van der Waals surface area contributed by atoms with Crippen molar-refractivity contribution < 1.29 is 23.5 Å². The molecule has 1 aromatic rings. The van der Waals surface area contributed by atoms with Crippen LogP contribution in [-0.4, -0.2) is 34.0 Å². The molecule has 4 nitrogen and oxygen atoms in total. The Morgan fingerprint density at radius 3 is 2.77 bits per heavy atom. The van der Waals surface area contributed by atoms with Gasteiger partial charge in [-0.2, -0.15) is 0 Å². The van der Waals surface area contributed by atoms with Gasteiger partial charge >= 0.3 is 5.97 Å². The Hall–Kier alpha value is -1.98. The first-order valence-corrected chi connectivity index (χ1v) is 7.35. The number of nitrogens with zero attached hydrogens (tertiary/aromatic N) is 1. The van der Waals surface area contributed by atoms with Gasteiger partial charge in [-0.05, 0) is 43.7 Å². The Bertz CT molecular complexity index is 648. The molecule has 1 aliphatic carbocycles. The van der Waals surface area contributed by atoms with Crippen LogP contribution in [0.1, 0.15) is 37.7 Å². The van der Waals surface area contributed by atoms with Crippen LogP contribution >= 0.6 is 0 Å². The van der Waals surface area contributed by atoms with Crippen LogP contribution in [0.15, 0.2) is 18.2 Å². The zero-order chi connectivity index (χ0) is 16.1. The SMILES string of the molecule is CC1(C(=O)O)CCCN1C(=O)C1CC1c1cccc(F)c1F.